The molecule has 0 fully saturated rings. The second-order valence-corrected chi connectivity index (χ2v) is 4.06. The lowest BCUT2D eigenvalue weighted by Crippen LogP contribution is -1.92. The summed E-state index contributed by atoms with van der Waals surface area (Å²) in [4.78, 5) is 7.91. The maximum atomic E-state index is 5.75. The van der Waals surface area contributed by atoms with Gasteiger partial charge in [-0.05, 0) is 24.3 Å². The van der Waals surface area contributed by atoms with E-state index in [4.69, 9.17) is 23.2 Å². The van der Waals surface area contributed by atoms with Gasteiger partial charge < -0.3 is 0 Å². The second kappa shape index (κ2) is 4.60. The molecule has 0 aromatic carbocycles. The molecule has 0 unspecified atom stereocenters. The molecule has 0 spiro atoms. The molecule has 0 aliphatic heterocycles. The van der Waals surface area contributed by atoms with Crippen molar-refractivity contribution in [1.82, 2.24) is 9.97 Å². The van der Waals surface area contributed by atoms with Crippen LogP contribution in [0.4, 0.5) is 0 Å². The SMILES string of the molecule is ClC(Cl)c1cccc(-c2ccccn2)n1. The molecule has 0 N–H and O–H groups in total. The molecule has 4 heteroatoms. The van der Waals surface area contributed by atoms with Crippen molar-refractivity contribution in [1.29, 1.82) is 0 Å². The zero-order chi connectivity index (χ0) is 10.7. The normalized spacial score (nSPS) is 10.6. The summed E-state index contributed by atoms with van der Waals surface area (Å²) in [6, 6.07) is 11.2. The predicted molar refractivity (Wildman–Crippen MR) is 61.9 cm³/mol. The van der Waals surface area contributed by atoms with Gasteiger partial charge in [-0.15, -0.1) is 0 Å². The van der Waals surface area contributed by atoms with Gasteiger partial charge >= 0.3 is 0 Å². The van der Waals surface area contributed by atoms with Crippen molar-refractivity contribution in [3.63, 3.8) is 0 Å². The quantitative estimate of drug-likeness (QED) is 0.748. The van der Waals surface area contributed by atoms with Gasteiger partial charge in [-0.3, -0.25) is 4.98 Å². The number of nitrogens with zero attached hydrogens (tertiary/aromatic N) is 2. The molecular formula is C11H8Cl2N2. The number of aromatic nitrogens is 2. The Kier molecular flexibility index (Phi) is 3.19. The lowest BCUT2D eigenvalue weighted by atomic mass is 10.2. The minimum atomic E-state index is -0.603. The summed E-state index contributed by atoms with van der Waals surface area (Å²) in [5.41, 5.74) is 2.23. The number of alkyl halides is 2. The summed E-state index contributed by atoms with van der Waals surface area (Å²) < 4.78 is 0. The summed E-state index contributed by atoms with van der Waals surface area (Å²) in [5, 5.41) is 0. The predicted octanol–water partition coefficient (Wildman–Crippen LogP) is 3.62. The molecule has 0 radical (unpaired) electrons. The summed E-state index contributed by atoms with van der Waals surface area (Å²) >= 11 is 11.5. The van der Waals surface area contributed by atoms with Gasteiger partial charge in [-0.2, -0.15) is 0 Å². The zero-order valence-corrected chi connectivity index (χ0v) is 9.28. The second-order valence-electron chi connectivity index (χ2n) is 2.96. The van der Waals surface area contributed by atoms with Gasteiger partial charge in [-0.1, -0.05) is 35.3 Å². The molecule has 0 aliphatic rings. The number of rotatable bonds is 2. The van der Waals surface area contributed by atoms with E-state index in [1.807, 2.05) is 30.3 Å². The van der Waals surface area contributed by atoms with Crippen LogP contribution < -0.4 is 0 Å². The topological polar surface area (TPSA) is 25.8 Å². The molecule has 0 bridgehead atoms. The molecule has 76 valence electrons. The van der Waals surface area contributed by atoms with Crippen LogP contribution in [0.25, 0.3) is 11.4 Å². The number of halogens is 2. The van der Waals surface area contributed by atoms with Crippen LogP contribution in [0.5, 0.6) is 0 Å². The van der Waals surface area contributed by atoms with E-state index in [0.717, 1.165) is 11.4 Å². The van der Waals surface area contributed by atoms with E-state index in [0.29, 0.717) is 5.69 Å². The van der Waals surface area contributed by atoms with Crippen molar-refractivity contribution in [2.24, 2.45) is 0 Å². The first kappa shape index (κ1) is 10.4. The van der Waals surface area contributed by atoms with E-state index < -0.39 is 4.84 Å². The standard InChI is InChI=1S/C11H8Cl2N2/c12-11(13)10-6-3-5-9(15-10)8-4-1-2-7-14-8/h1-7,11H. The van der Waals surface area contributed by atoms with Gasteiger partial charge in [0.25, 0.3) is 0 Å². The van der Waals surface area contributed by atoms with Gasteiger partial charge in [0.1, 0.15) is 4.84 Å². The highest BCUT2D eigenvalue weighted by Gasteiger charge is 2.06. The average molecular weight is 239 g/mol. The lowest BCUT2D eigenvalue weighted by molar-refractivity contribution is 1.13. The first-order valence-electron chi connectivity index (χ1n) is 4.44. The Morgan fingerprint density at radius 1 is 0.933 bits per heavy atom. The number of hydrogen-bond acceptors (Lipinski definition) is 2. The lowest BCUT2D eigenvalue weighted by Gasteiger charge is -2.03. The molecule has 2 heterocycles. The fourth-order valence-corrected chi connectivity index (χ4v) is 1.47. The van der Waals surface area contributed by atoms with Crippen LogP contribution in [0.15, 0.2) is 42.6 Å². The van der Waals surface area contributed by atoms with Crippen molar-refractivity contribution >= 4 is 23.2 Å². The zero-order valence-electron chi connectivity index (χ0n) is 7.77. The van der Waals surface area contributed by atoms with Gasteiger partial charge in [0, 0.05) is 6.20 Å². The van der Waals surface area contributed by atoms with E-state index in [1.54, 1.807) is 12.3 Å². The van der Waals surface area contributed by atoms with Gasteiger partial charge in [-0.25, -0.2) is 4.98 Å². The van der Waals surface area contributed by atoms with Gasteiger partial charge in [0.15, 0.2) is 0 Å². The minimum absolute atomic E-state index is 0.603. The van der Waals surface area contributed by atoms with Crippen LogP contribution in [0.1, 0.15) is 10.5 Å². The highest BCUT2D eigenvalue weighted by Crippen LogP contribution is 2.24. The van der Waals surface area contributed by atoms with Crippen LogP contribution >= 0.6 is 23.2 Å². The maximum Gasteiger partial charge on any atom is 0.149 e. The molecule has 0 saturated carbocycles. The Morgan fingerprint density at radius 2 is 1.73 bits per heavy atom. The molecule has 2 rings (SSSR count). The highest BCUT2D eigenvalue weighted by molar-refractivity contribution is 6.43. The molecular weight excluding hydrogens is 231 g/mol. The Balaban J connectivity index is 2.42. The molecule has 0 aliphatic carbocycles. The van der Waals surface area contributed by atoms with Crippen molar-refractivity contribution in [3.8, 4) is 11.4 Å². The van der Waals surface area contributed by atoms with Crippen LogP contribution in [0, 0.1) is 0 Å². The van der Waals surface area contributed by atoms with E-state index >= 15 is 0 Å². The molecule has 15 heavy (non-hydrogen) atoms. The van der Waals surface area contributed by atoms with Crippen molar-refractivity contribution in [2.75, 3.05) is 0 Å². The minimum Gasteiger partial charge on any atom is -0.255 e. The van der Waals surface area contributed by atoms with Crippen LogP contribution in [-0.4, -0.2) is 9.97 Å². The summed E-state index contributed by atoms with van der Waals surface area (Å²) in [7, 11) is 0. The van der Waals surface area contributed by atoms with Crippen molar-refractivity contribution in [3.05, 3.63) is 48.3 Å². The Labute approximate surface area is 97.9 Å². The van der Waals surface area contributed by atoms with E-state index in [9.17, 15) is 0 Å². The largest absolute Gasteiger partial charge is 0.255 e. The van der Waals surface area contributed by atoms with Crippen LogP contribution in [0.2, 0.25) is 0 Å². The fraction of sp³-hybridized carbons (Fsp3) is 0.0909. The molecule has 2 nitrogen and oxygen atoms in total. The van der Waals surface area contributed by atoms with Crippen LogP contribution in [-0.2, 0) is 0 Å². The fourth-order valence-electron chi connectivity index (χ4n) is 1.23. The summed E-state index contributed by atoms with van der Waals surface area (Å²) in [5.74, 6) is 0. The molecule has 0 saturated heterocycles. The Morgan fingerprint density at radius 3 is 2.40 bits per heavy atom. The van der Waals surface area contributed by atoms with E-state index in [2.05, 4.69) is 9.97 Å². The third kappa shape index (κ3) is 2.46. The number of hydrogen-bond donors (Lipinski definition) is 0. The first-order chi connectivity index (χ1) is 7.27. The summed E-state index contributed by atoms with van der Waals surface area (Å²) in [6.45, 7) is 0. The van der Waals surface area contributed by atoms with Crippen molar-refractivity contribution in [2.45, 2.75) is 4.84 Å². The third-order valence-corrected chi connectivity index (χ3v) is 2.37. The smallest absolute Gasteiger partial charge is 0.149 e. The van der Waals surface area contributed by atoms with E-state index in [-0.39, 0.29) is 0 Å². The average Bonchev–Trinajstić information content (AvgIpc) is 2.30. The molecule has 0 amide bonds. The monoisotopic (exact) mass is 238 g/mol. The number of pyridine rings is 2. The van der Waals surface area contributed by atoms with Crippen molar-refractivity contribution < 1.29 is 0 Å². The van der Waals surface area contributed by atoms with Gasteiger partial charge in [0.05, 0.1) is 17.1 Å². The van der Waals surface area contributed by atoms with Crippen LogP contribution in [0.3, 0.4) is 0 Å². The third-order valence-electron chi connectivity index (χ3n) is 1.92. The Hall–Kier alpha value is -1.12. The van der Waals surface area contributed by atoms with Gasteiger partial charge in [0.2, 0.25) is 0 Å². The maximum absolute atomic E-state index is 5.75. The van der Waals surface area contributed by atoms with E-state index in [1.165, 1.54) is 0 Å². The molecule has 2 aromatic rings. The molecule has 2 aromatic heterocycles. The highest BCUT2D eigenvalue weighted by atomic mass is 35.5. The Bertz CT molecular complexity index is 443. The summed E-state index contributed by atoms with van der Waals surface area (Å²) in [6.07, 6.45) is 1.72. The first-order valence-corrected chi connectivity index (χ1v) is 5.31. The molecule has 0 atom stereocenters.